The number of aromatic amines is 1. The molecule has 3 aromatic heterocycles. The lowest BCUT2D eigenvalue weighted by molar-refractivity contribution is 0.630. The molecule has 9 heteroatoms. The van der Waals surface area contributed by atoms with Gasteiger partial charge in [-0.15, -0.1) is 0 Å². The van der Waals surface area contributed by atoms with Crippen molar-refractivity contribution in [2.75, 3.05) is 35.7 Å². The zero-order valence-electron chi connectivity index (χ0n) is 17.6. The molecule has 0 radical (unpaired) electrons. The normalized spacial score (nSPS) is 14.2. The molecule has 0 atom stereocenters. The zero-order chi connectivity index (χ0) is 21.5. The van der Waals surface area contributed by atoms with Crippen molar-refractivity contribution in [3.05, 3.63) is 47.8 Å². The summed E-state index contributed by atoms with van der Waals surface area (Å²) in [5.74, 6) is 1.58. The summed E-state index contributed by atoms with van der Waals surface area (Å²) in [7, 11) is 1.77. The Labute approximate surface area is 178 Å². The van der Waals surface area contributed by atoms with Gasteiger partial charge in [0.1, 0.15) is 23.1 Å². The van der Waals surface area contributed by atoms with Gasteiger partial charge in [-0.05, 0) is 32.4 Å². The number of anilines is 4. The maximum absolute atomic E-state index is 14.4. The van der Waals surface area contributed by atoms with Gasteiger partial charge in [0.2, 0.25) is 5.95 Å². The summed E-state index contributed by atoms with van der Waals surface area (Å²) in [6.07, 6.45) is 6.55. The lowest BCUT2D eigenvalue weighted by Crippen LogP contribution is -2.29. The molecule has 3 N–H and O–H groups in total. The second-order valence-electron chi connectivity index (χ2n) is 7.74. The van der Waals surface area contributed by atoms with Crippen LogP contribution in [0.1, 0.15) is 19.2 Å². The van der Waals surface area contributed by atoms with Gasteiger partial charge in [0.25, 0.3) is 0 Å². The predicted molar refractivity (Wildman–Crippen MR) is 122 cm³/mol. The summed E-state index contributed by atoms with van der Waals surface area (Å²) in [5.41, 5.74) is 4.18. The highest BCUT2D eigenvalue weighted by molar-refractivity contribution is 6.14. The Hall–Kier alpha value is -3.75. The Bertz CT molecular complexity index is 1310. The van der Waals surface area contributed by atoms with E-state index in [1.54, 1.807) is 19.4 Å². The molecule has 158 valence electrons. The number of benzene rings is 1. The average Bonchev–Trinajstić information content (AvgIpc) is 3.13. The fourth-order valence-electron chi connectivity index (χ4n) is 3.88. The molecule has 1 aliphatic rings. The van der Waals surface area contributed by atoms with Crippen molar-refractivity contribution in [2.24, 2.45) is 0 Å². The third-order valence-electron chi connectivity index (χ3n) is 5.55. The van der Waals surface area contributed by atoms with Crippen molar-refractivity contribution < 1.29 is 4.39 Å². The quantitative estimate of drug-likeness (QED) is 0.426. The van der Waals surface area contributed by atoms with Crippen LogP contribution in [-0.2, 0) is 0 Å². The first kappa shape index (κ1) is 19.2. The van der Waals surface area contributed by atoms with E-state index in [0.29, 0.717) is 28.8 Å². The first-order valence-electron chi connectivity index (χ1n) is 10.2. The summed E-state index contributed by atoms with van der Waals surface area (Å²) >= 11 is 0. The highest BCUT2D eigenvalue weighted by Gasteiger charge is 2.22. The van der Waals surface area contributed by atoms with E-state index >= 15 is 0 Å². The van der Waals surface area contributed by atoms with Crippen molar-refractivity contribution in [3.8, 4) is 0 Å². The highest BCUT2D eigenvalue weighted by atomic mass is 19.1. The van der Waals surface area contributed by atoms with E-state index in [9.17, 15) is 4.39 Å². The molecule has 31 heavy (non-hydrogen) atoms. The lowest BCUT2D eigenvalue weighted by Gasteiger charge is -2.27. The number of aromatic nitrogens is 5. The van der Waals surface area contributed by atoms with E-state index in [1.807, 2.05) is 6.92 Å². The molecule has 1 aliphatic heterocycles. The van der Waals surface area contributed by atoms with Gasteiger partial charge >= 0.3 is 0 Å². The molecule has 5 rings (SSSR count). The smallest absolute Gasteiger partial charge is 0.231 e. The summed E-state index contributed by atoms with van der Waals surface area (Å²) in [6.45, 7) is 5.55. The first-order chi connectivity index (χ1) is 15.0. The van der Waals surface area contributed by atoms with Gasteiger partial charge in [0, 0.05) is 25.5 Å². The number of hydrogen-bond donors (Lipinski definition) is 3. The van der Waals surface area contributed by atoms with E-state index in [-0.39, 0.29) is 5.82 Å². The van der Waals surface area contributed by atoms with Crippen LogP contribution in [0.4, 0.5) is 27.5 Å². The minimum Gasteiger partial charge on any atom is -0.386 e. The van der Waals surface area contributed by atoms with Crippen LogP contribution < -0.4 is 15.5 Å². The topological polar surface area (TPSA) is 94.6 Å². The van der Waals surface area contributed by atoms with Gasteiger partial charge in [0.05, 0.1) is 34.7 Å². The van der Waals surface area contributed by atoms with Crippen molar-refractivity contribution in [3.63, 3.8) is 0 Å². The Morgan fingerprint density at radius 1 is 1.13 bits per heavy atom. The Morgan fingerprint density at radius 2 is 1.94 bits per heavy atom. The van der Waals surface area contributed by atoms with Crippen molar-refractivity contribution in [2.45, 2.75) is 20.3 Å². The average molecular weight is 418 g/mol. The summed E-state index contributed by atoms with van der Waals surface area (Å²) in [6, 6.07) is 3.01. The largest absolute Gasteiger partial charge is 0.386 e. The van der Waals surface area contributed by atoms with Crippen LogP contribution in [0, 0.1) is 12.7 Å². The number of halogens is 1. The molecule has 0 saturated carbocycles. The molecule has 0 amide bonds. The van der Waals surface area contributed by atoms with Crippen LogP contribution in [0.2, 0.25) is 0 Å². The van der Waals surface area contributed by atoms with Crippen LogP contribution in [0.5, 0.6) is 0 Å². The highest BCUT2D eigenvalue weighted by Crippen LogP contribution is 2.37. The molecular weight excluding hydrogens is 395 g/mol. The van der Waals surface area contributed by atoms with Gasteiger partial charge < -0.3 is 20.5 Å². The van der Waals surface area contributed by atoms with Crippen LogP contribution in [-0.4, -0.2) is 45.1 Å². The monoisotopic (exact) mass is 418 g/mol. The third-order valence-corrected chi connectivity index (χ3v) is 5.55. The maximum Gasteiger partial charge on any atom is 0.231 e. The number of nitrogens with one attached hydrogen (secondary N) is 3. The van der Waals surface area contributed by atoms with Crippen molar-refractivity contribution >= 4 is 45.1 Å². The number of rotatable bonds is 4. The maximum atomic E-state index is 14.4. The second-order valence-corrected chi connectivity index (χ2v) is 7.74. The van der Waals surface area contributed by atoms with Gasteiger partial charge in [-0.3, -0.25) is 0 Å². The number of H-pyrrole nitrogens is 1. The predicted octanol–water partition coefficient (Wildman–Crippen LogP) is 4.29. The fourth-order valence-corrected chi connectivity index (χ4v) is 3.88. The van der Waals surface area contributed by atoms with Crippen LogP contribution in [0.3, 0.4) is 0 Å². The summed E-state index contributed by atoms with van der Waals surface area (Å²) < 4.78 is 14.4. The number of hydrogen-bond acceptors (Lipinski definition) is 7. The molecule has 1 aromatic carbocycles. The first-order valence-corrected chi connectivity index (χ1v) is 10.2. The van der Waals surface area contributed by atoms with E-state index < -0.39 is 0 Å². The number of fused-ring (bicyclic) bond motifs is 3. The molecule has 4 aromatic rings. The fraction of sp³-hybridized carbons (Fsp3) is 0.273. The molecule has 0 unspecified atom stereocenters. The van der Waals surface area contributed by atoms with Gasteiger partial charge in [0.15, 0.2) is 0 Å². The van der Waals surface area contributed by atoms with E-state index in [2.05, 4.69) is 48.5 Å². The lowest BCUT2D eigenvalue weighted by atomic mass is 10.1. The van der Waals surface area contributed by atoms with Crippen molar-refractivity contribution in [1.82, 2.24) is 24.9 Å². The van der Waals surface area contributed by atoms with E-state index in [4.69, 9.17) is 4.98 Å². The Morgan fingerprint density at radius 3 is 2.65 bits per heavy atom. The molecule has 0 saturated heterocycles. The molecule has 4 heterocycles. The summed E-state index contributed by atoms with van der Waals surface area (Å²) in [5, 5.41) is 7.82. The number of nitrogens with zero attached hydrogens (tertiary/aromatic N) is 5. The molecule has 0 aliphatic carbocycles. The van der Waals surface area contributed by atoms with Crippen LogP contribution in [0.25, 0.3) is 21.9 Å². The SMILES string of the molecule is CNc1cc(F)cc2c1[nH]c1nc(Nc3cnc(C)nc3)nc(N3CC=C(C)CC3)c12. The molecule has 0 fully saturated rings. The molecule has 8 nitrogen and oxygen atoms in total. The zero-order valence-corrected chi connectivity index (χ0v) is 17.6. The van der Waals surface area contributed by atoms with E-state index in [1.165, 1.54) is 17.7 Å². The van der Waals surface area contributed by atoms with Gasteiger partial charge in [-0.1, -0.05) is 11.6 Å². The summed E-state index contributed by atoms with van der Waals surface area (Å²) in [4.78, 5) is 23.5. The Kier molecular flexibility index (Phi) is 4.65. The van der Waals surface area contributed by atoms with Crippen molar-refractivity contribution in [1.29, 1.82) is 0 Å². The standard InChI is InChI=1S/C22H23FN8/c1-12-4-6-31(7-5-12)21-18-16-8-14(23)9-17(24-3)19(16)28-20(18)29-22(30-21)27-15-10-25-13(2)26-11-15/h4,8-11,24H,5-7H2,1-3H3,(H2,27,28,29,30). The molecule has 0 bridgehead atoms. The molecular formula is C22H23FN8. The second kappa shape index (κ2) is 7.50. The third kappa shape index (κ3) is 3.52. The Balaban J connectivity index is 1.71. The van der Waals surface area contributed by atoms with E-state index in [0.717, 1.165) is 41.6 Å². The molecule has 0 spiro atoms. The van der Waals surface area contributed by atoms with Gasteiger partial charge in [-0.2, -0.15) is 9.97 Å². The van der Waals surface area contributed by atoms with Crippen LogP contribution in [0.15, 0.2) is 36.2 Å². The van der Waals surface area contributed by atoms with Gasteiger partial charge in [-0.25, -0.2) is 14.4 Å². The van der Waals surface area contributed by atoms with Crippen LogP contribution >= 0.6 is 0 Å². The number of aryl methyl sites for hydroxylation is 1. The minimum atomic E-state index is -0.308. The minimum absolute atomic E-state index is 0.308.